The minimum atomic E-state index is -2.42. The SMILES string of the molecule is CC(C)c1cccc(NCc2cccc(C(F)F)c2)c1. The first kappa shape index (κ1) is 14.5. The molecule has 0 aromatic heterocycles. The van der Waals surface area contributed by atoms with Gasteiger partial charge in [-0.2, -0.15) is 0 Å². The minimum Gasteiger partial charge on any atom is -0.381 e. The van der Waals surface area contributed by atoms with E-state index in [0.29, 0.717) is 12.5 Å². The molecule has 0 saturated carbocycles. The van der Waals surface area contributed by atoms with Crippen LogP contribution in [0.3, 0.4) is 0 Å². The lowest BCUT2D eigenvalue weighted by Gasteiger charge is -2.11. The van der Waals surface area contributed by atoms with Gasteiger partial charge in [-0.3, -0.25) is 0 Å². The van der Waals surface area contributed by atoms with Crippen LogP contribution in [0.4, 0.5) is 14.5 Å². The van der Waals surface area contributed by atoms with Crippen molar-refractivity contribution in [2.24, 2.45) is 0 Å². The molecule has 0 radical (unpaired) electrons. The van der Waals surface area contributed by atoms with E-state index in [9.17, 15) is 8.78 Å². The Labute approximate surface area is 118 Å². The van der Waals surface area contributed by atoms with Crippen molar-refractivity contribution in [2.45, 2.75) is 32.7 Å². The number of rotatable bonds is 5. The van der Waals surface area contributed by atoms with Gasteiger partial charge in [-0.25, -0.2) is 8.78 Å². The second-order valence-corrected chi connectivity index (χ2v) is 5.18. The summed E-state index contributed by atoms with van der Waals surface area (Å²) in [5.41, 5.74) is 3.20. The zero-order valence-electron chi connectivity index (χ0n) is 11.7. The normalized spacial score (nSPS) is 11.1. The summed E-state index contributed by atoms with van der Waals surface area (Å²) >= 11 is 0. The van der Waals surface area contributed by atoms with Gasteiger partial charge in [0.2, 0.25) is 0 Å². The Morgan fingerprint density at radius 1 is 0.950 bits per heavy atom. The van der Waals surface area contributed by atoms with Crippen molar-refractivity contribution >= 4 is 5.69 Å². The Morgan fingerprint density at radius 2 is 1.65 bits per heavy atom. The Hall–Kier alpha value is -1.90. The lowest BCUT2D eigenvalue weighted by atomic mass is 10.0. The van der Waals surface area contributed by atoms with Crippen molar-refractivity contribution < 1.29 is 8.78 Å². The van der Waals surface area contributed by atoms with Gasteiger partial charge in [-0.05, 0) is 35.2 Å². The highest BCUT2D eigenvalue weighted by Crippen LogP contribution is 2.21. The van der Waals surface area contributed by atoms with Crippen LogP contribution in [0.25, 0.3) is 0 Å². The standard InChI is InChI=1S/C17H19F2N/c1-12(2)14-6-4-8-16(10-14)20-11-13-5-3-7-15(9-13)17(18)19/h3-10,12,17,20H,11H2,1-2H3. The summed E-state index contributed by atoms with van der Waals surface area (Å²) in [6.45, 7) is 4.83. The van der Waals surface area contributed by atoms with Gasteiger partial charge >= 0.3 is 0 Å². The fraction of sp³-hybridized carbons (Fsp3) is 0.294. The van der Waals surface area contributed by atoms with Crippen molar-refractivity contribution in [3.05, 3.63) is 65.2 Å². The first-order chi connectivity index (χ1) is 9.56. The maximum atomic E-state index is 12.6. The van der Waals surface area contributed by atoms with Crippen molar-refractivity contribution in [3.63, 3.8) is 0 Å². The molecule has 3 heteroatoms. The molecule has 2 aromatic carbocycles. The average Bonchev–Trinajstić information content (AvgIpc) is 2.45. The second kappa shape index (κ2) is 6.51. The van der Waals surface area contributed by atoms with E-state index in [4.69, 9.17) is 0 Å². The highest BCUT2D eigenvalue weighted by molar-refractivity contribution is 5.47. The van der Waals surface area contributed by atoms with Crippen LogP contribution in [-0.4, -0.2) is 0 Å². The lowest BCUT2D eigenvalue weighted by Crippen LogP contribution is -2.01. The van der Waals surface area contributed by atoms with Gasteiger partial charge in [-0.1, -0.05) is 44.2 Å². The van der Waals surface area contributed by atoms with Gasteiger partial charge in [0.1, 0.15) is 0 Å². The molecule has 0 saturated heterocycles. The number of nitrogens with one attached hydrogen (secondary N) is 1. The quantitative estimate of drug-likeness (QED) is 0.774. The Kier molecular flexibility index (Phi) is 4.72. The Balaban J connectivity index is 2.05. The van der Waals surface area contributed by atoms with E-state index < -0.39 is 6.43 Å². The zero-order chi connectivity index (χ0) is 14.5. The van der Waals surface area contributed by atoms with Crippen LogP contribution in [0.5, 0.6) is 0 Å². The van der Waals surface area contributed by atoms with Crippen molar-refractivity contribution in [2.75, 3.05) is 5.32 Å². The van der Waals surface area contributed by atoms with Crippen LogP contribution < -0.4 is 5.32 Å². The second-order valence-electron chi connectivity index (χ2n) is 5.18. The van der Waals surface area contributed by atoms with E-state index in [0.717, 1.165) is 11.3 Å². The van der Waals surface area contributed by atoms with Crippen molar-refractivity contribution in [3.8, 4) is 0 Å². The van der Waals surface area contributed by atoms with Gasteiger partial charge < -0.3 is 5.32 Å². The molecular weight excluding hydrogens is 256 g/mol. The van der Waals surface area contributed by atoms with Gasteiger partial charge in [0.25, 0.3) is 6.43 Å². The van der Waals surface area contributed by atoms with E-state index in [1.165, 1.54) is 11.6 Å². The number of alkyl halides is 2. The Morgan fingerprint density at radius 3 is 2.35 bits per heavy atom. The zero-order valence-corrected chi connectivity index (χ0v) is 11.7. The third-order valence-electron chi connectivity index (χ3n) is 3.25. The van der Waals surface area contributed by atoms with E-state index in [2.05, 4.69) is 31.3 Å². The molecule has 20 heavy (non-hydrogen) atoms. The molecule has 0 heterocycles. The summed E-state index contributed by atoms with van der Waals surface area (Å²) in [7, 11) is 0. The first-order valence-electron chi connectivity index (χ1n) is 6.77. The molecule has 0 unspecified atom stereocenters. The van der Waals surface area contributed by atoms with Crippen molar-refractivity contribution in [1.82, 2.24) is 0 Å². The molecule has 0 atom stereocenters. The van der Waals surface area contributed by atoms with Crippen LogP contribution >= 0.6 is 0 Å². The first-order valence-corrected chi connectivity index (χ1v) is 6.77. The predicted octanol–water partition coefficient (Wildman–Crippen LogP) is 5.36. The highest BCUT2D eigenvalue weighted by Gasteiger charge is 2.07. The molecule has 0 amide bonds. The number of benzene rings is 2. The molecule has 0 aliphatic carbocycles. The van der Waals surface area contributed by atoms with Crippen molar-refractivity contribution in [1.29, 1.82) is 0 Å². The topological polar surface area (TPSA) is 12.0 Å². The molecule has 1 nitrogen and oxygen atoms in total. The molecule has 0 fully saturated rings. The Bertz CT molecular complexity index is 513. The van der Waals surface area contributed by atoms with Gasteiger partial charge in [0.05, 0.1) is 0 Å². The maximum absolute atomic E-state index is 12.6. The van der Waals surface area contributed by atoms with E-state index >= 15 is 0 Å². The number of hydrogen-bond donors (Lipinski definition) is 1. The molecule has 2 rings (SSSR count). The molecule has 2 aromatic rings. The van der Waals surface area contributed by atoms with E-state index in [1.54, 1.807) is 12.1 Å². The molecule has 106 valence electrons. The predicted molar refractivity (Wildman–Crippen MR) is 79.3 cm³/mol. The largest absolute Gasteiger partial charge is 0.381 e. The van der Waals surface area contributed by atoms with E-state index in [-0.39, 0.29) is 5.56 Å². The minimum absolute atomic E-state index is 0.0697. The van der Waals surface area contributed by atoms with Gasteiger partial charge in [0, 0.05) is 17.8 Å². The lowest BCUT2D eigenvalue weighted by molar-refractivity contribution is 0.151. The smallest absolute Gasteiger partial charge is 0.263 e. The summed E-state index contributed by atoms with van der Waals surface area (Å²) in [5, 5.41) is 3.28. The molecule has 0 bridgehead atoms. The summed E-state index contributed by atoms with van der Waals surface area (Å²) in [6.07, 6.45) is -2.42. The molecular formula is C17H19F2N. The third kappa shape index (κ3) is 3.80. The van der Waals surface area contributed by atoms with Crippen LogP contribution in [0, 0.1) is 0 Å². The van der Waals surface area contributed by atoms with Crippen LogP contribution in [0.15, 0.2) is 48.5 Å². The highest BCUT2D eigenvalue weighted by atomic mass is 19.3. The molecule has 1 N–H and O–H groups in total. The van der Waals surface area contributed by atoms with E-state index in [1.807, 2.05) is 18.2 Å². The summed E-state index contributed by atoms with van der Waals surface area (Å²) in [4.78, 5) is 0. The summed E-state index contributed by atoms with van der Waals surface area (Å²) in [6, 6.07) is 14.7. The number of anilines is 1. The average molecular weight is 275 g/mol. The van der Waals surface area contributed by atoms with Crippen LogP contribution in [0.1, 0.15) is 42.9 Å². The molecule has 0 aliphatic rings. The number of hydrogen-bond acceptors (Lipinski definition) is 1. The van der Waals surface area contributed by atoms with Gasteiger partial charge in [0.15, 0.2) is 0 Å². The van der Waals surface area contributed by atoms with Crippen LogP contribution in [-0.2, 0) is 6.54 Å². The van der Waals surface area contributed by atoms with Gasteiger partial charge in [-0.15, -0.1) is 0 Å². The molecule has 0 spiro atoms. The monoisotopic (exact) mass is 275 g/mol. The maximum Gasteiger partial charge on any atom is 0.263 e. The number of halogens is 2. The summed E-state index contributed by atoms with van der Waals surface area (Å²) in [5.74, 6) is 0.471. The summed E-state index contributed by atoms with van der Waals surface area (Å²) < 4.78 is 25.3. The van der Waals surface area contributed by atoms with Crippen LogP contribution in [0.2, 0.25) is 0 Å². The molecule has 0 aliphatic heterocycles. The third-order valence-corrected chi connectivity index (χ3v) is 3.25. The fourth-order valence-corrected chi connectivity index (χ4v) is 2.05. The fourth-order valence-electron chi connectivity index (χ4n) is 2.05.